The average Bonchev–Trinajstić information content (AvgIpc) is 2.30. The smallest absolute Gasteiger partial charge is 0.426 e. The minimum absolute atomic E-state index is 0.290. The molecule has 5 nitrogen and oxygen atoms in total. The molecule has 17 heavy (non-hydrogen) atoms. The van der Waals surface area contributed by atoms with E-state index in [1.165, 1.54) is 11.4 Å². The first-order valence-corrected chi connectivity index (χ1v) is 6.10. The van der Waals surface area contributed by atoms with E-state index in [1.807, 2.05) is 6.92 Å². The van der Waals surface area contributed by atoms with Crippen molar-refractivity contribution in [3.05, 3.63) is 12.3 Å². The van der Waals surface area contributed by atoms with E-state index < -0.39 is 6.09 Å². The number of carbonyl (C=O) groups is 1. The highest BCUT2D eigenvalue weighted by Gasteiger charge is 2.39. The zero-order valence-electron chi connectivity index (χ0n) is 10.2. The maximum absolute atomic E-state index is 11.5. The van der Waals surface area contributed by atoms with Gasteiger partial charge in [-0.3, -0.25) is 10.0 Å². The molecule has 2 aliphatic rings. The summed E-state index contributed by atoms with van der Waals surface area (Å²) >= 11 is 0. The number of nitrogens with zero attached hydrogens (tertiary/aromatic N) is 3. The summed E-state index contributed by atoms with van der Waals surface area (Å²) in [6.45, 7) is 2.42. The zero-order chi connectivity index (χ0) is 12.3. The number of hydrazine groups is 1. The van der Waals surface area contributed by atoms with Gasteiger partial charge in [0.05, 0.1) is 5.54 Å². The molecule has 0 atom stereocenters. The second kappa shape index (κ2) is 4.77. The lowest BCUT2D eigenvalue weighted by Gasteiger charge is -2.46. The summed E-state index contributed by atoms with van der Waals surface area (Å²) in [6.07, 6.45) is 9.60. The van der Waals surface area contributed by atoms with Crippen LogP contribution in [-0.2, 0) is 0 Å². The molecular formula is C12H19N3O2. The first-order chi connectivity index (χ1) is 8.13. The molecule has 0 radical (unpaired) electrons. The molecule has 0 saturated heterocycles. The van der Waals surface area contributed by atoms with Gasteiger partial charge in [0.2, 0.25) is 0 Å². The maximum atomic E-state index is 11.5. The van der Waals surface area contributed by atoms with Crippen molar-refractivity contribution in [1.82, 2.24) is 10.0 Å². The van der Waals surface area contributed by atoms with Gasteiger partial charge in [-0.05, 0) is 25.8 Å². The SMILES string of the molecule is CC1(N(C(=O)O)N2C=CC=NC2)CCCCC1. The van der Waals surface area contributed by atoms with E-state index >= 15 is 0 Å². The van der Waals surface area contributed by atoms with Crippen LogP contribution in [0.15, 0.2) is 17.3 Å². The number of aliphatic imine (C=N–C) groups is 1. The summed E-state index contributed by atoms with van der Waals surface area (Å²) in [5.74, 6) is 0. The monoisotopic (exact) mass is 237 g/mol. The lowest BCUT2D eigenvalue weighted by atomic mass is 9.83. The summed E-state index contributed by atoms with van der Waals surface area (Å²) < 4.78 is 0. The molecule has 0 spiro atoms. The number of hydrogen-bond donors (Lipinski definition) is 1. The van der Waals surface area contributed by atoms with Gasteiger partial charge in [0.15, 0.2) is 0 Å². The fourth-order valence-corrected chi connectivity index (χ4v) is 2.68. The fourth-order valence-electron chi connectivity index (χ4n) is 2.68. The molecule has 2 rings (SSSR count). The molecule has 1 aliphatic heterocycles. The van der Waals surface area contributed by atoms with E-state index in [0.29, 0.717) is 6.67 Å². The van der Waals surface area contributed by atoms with Crippen LogP contribution >= 0.6 is 0 Å². The summed E-state index contributed by atoms with van der Waals surface area (Å²) in [5.41, 5.74) is -0.290. The van der Waals surface area contributed by atoms with Crippen LogP contribution < -0.4 is 0 Å². The first-order valence-electron chi connectivity index (χ1n) is 6.10. The van der Waals surface area contributed by atoms with Crippen LogP contribution in [0.4, 0.5) is 4.79 Å². The minimum Gasteiger partial charge on any atom is -0.464 e. The topological polar surface area (TPSA) is 56.1 Å². The zero-order valence-corrected chi connectivity index (χ0v) is 10.2. The Morgan fingerprint density at radius 2 is 2.12 bits per heavy atom. The van der Waals surface area contributed by atoms with E-state index in [9.17, 15) is 9.90 Å². The Hall–Kier alpha value is -1.52. The second-order valence-electron chi connectivity index (χ2n) is 4.91. The number of carboxylic acid groups (broad SMARTS) is 1. The molecule has 1 saturated carbocycles. The molecule has 0 bridgehead atoms. The molecule has 1 N–H and O–H groups in total. The number of allylic oxidation sites excluding steroid dienone is 1. The highest BCUT2D eigenvalue weighted by Crippen LogP contribution is 2.34. The first kappa shape index (κ1) is 12.0. The third kappa shape index (κ3) is 2.43. The van der Waals surface area contributed by atoms with Gasteiger partial charge in [-0.25, -0.2) is 9.80 Å². The molecule has 1 fully saturated rings. The van der Waals surface area contributed by atoms with Crippen molar-refractivity contribution in [3.8, 4) is 0 Å². The average molecular weight is 237 g/mol. The Morgan fingerprint density at radius 3 is 2.65 bits per heavy atom. The molecule has 1 amide bonds. The Balaban J connectivity index is 2.18. The van der Waals surface area contributed by atoms with E-state index in [2.05, 4.69) is 4.99 Å². The number of amides is 1. The molecule has 0 aromatic rings. The van der Waals surface area contributed by atoms with Crippen LogP contribution in [0.5, 0.6) is 0 Å². The highest BCUT2D eigenvalue weighted by molar-refractivity contribution is 5.72. The Morgan fingerprint density at radius 1 is 1.41 bits per heavy atom. The van der Waals surface area contributed by atoms with Crippen molar-refractivity contribution in [3.63, 3.8) is 0 Å². The summed E-state index contributed by atoms with van der Waals surface area (Å²) in [7, 11) is 0. The number of rotatable bonds is 2. The second-order valence-corrected chi connectivity index (χ2v) is 4.91. The van der Waals surface area contributed by atoms with Gasteiger partial charge in [-0.15, -0.1) is 0 Å². The van der Waals surface area contributed by atoms with Gasteiger partial charge < -0.3 is 5.11 Å². The molecule has 0 aromatic heterocycles. The lowest BCUT2D eigenvalue weighted by Crippen LogP contribution is -2.57. The van der Waals surface area contributed by atoms with Crippen LogP contribution in [0.2, 0.25) is 0 Å². The predicted molar refractivity (Wildman–Crippen MR) is 65.7 cm³/mol. The molecule has 1 aliphatic carbocycles. The number of hydrogen-bond acceptors (Lipinski definition) is 3. The van der Waals surface area contributed by atoms with Crippen LogP contribution in [0.3, 0.4) is 0 Å². The van der Waals surface area contributed by atoms with E-state index in [1.54, 1.807) is 23.5 Å². The summed E-state index contributed by atoms with van der Waals surface area (Å²) in [6, 6.07) is 0. The van der Waals surface area contributed by atoms with E-state index in [0.717, 1.165) is 25.7 Å². The Bertz CT molecular complexity index is 346. The van der Waals surface area contributed by atoms with Gasteiger partial charge >= 0.3 is 6.09 Å². The molecule has 0 unspecified atom stereocenters. The fraction of sp³-hybridized carbons (Fsp3) is 0.667. The van der Waals surface area contributed by atoms with E-state index in [4.69, 9.17) is 0 Å². The molecule has 1 heterocycles. The Labute approximate surface area is 101 Å². The van der Waals surface area contributed by atoms with Gasteiger partial charge in [0, 0.05) is 12.4 Å². The maximum Gasteiger partial charge on any atom is 0.426 e. The predicted octanol–water partition coefficient (Wildman–Crippen LogP) is 2.46. The molecule has 0 aromatic carbocycles. The van der Waals surface area contributed by atoms with Crippen LogP contribution in [0.1, 0.15) is 39.0 Å². The van der Waals surface area contributed by atoms with Crippen LogP contribution in [0.25, 0.3) is 0 Å². The van der Waals surface area contributed by atoms with Gasteiger partial charge in [-0.2, -0.15) is 0 Å². The third-order valence-electron chi connectivity index (χ3n) is 3.56. The summed E-state index contributed by atoms with van der Waals surface area (Å²) in [5, 5.41) is 12.6. The Kier molecular flexibility index (Phi) is 3.36. The standard InChI is InChI=1S/C12H19N3O2/c1-12(6-3-2-4-7-12)15(11(16)17)14-9-5-8-13-10-14/h5,8-9H,2-4,6-7,10H2,1H3,(H,16,17). The molecule has 5 heteroatoms. The van der Waals surface area contributed by atoms with Crippen molar-refractivity contribution in [2.75, 3.05) is 6.67 Å². The normalized spacial score (nSPS) is 22.5. The van der Waals surface area contributed by atoms with Crippen molar-refractivity contribution in [2.24, 2.45) is 4.99 Å². The quantitative estimate of drug-likeness (QED) is 0.802. The third-order valence-corrected chi connectivity index (χ3v) is 3.56. The van der Waals surface area contributed by atoms with Crippen molar-refractivity contribution >= 4 is 12.3 Å². The summed E-state index contributed by atoms with van der Waals surface area (Å²) in [4.78, 5) is 15.6. The van der Waals surface area contributed by atoms with Gasteiger partial charge in [0.1, 0.15) is 6.67 Å². The molecule has 94 valence electrons. The van der Waals surface area contributed by atoms with Gasteiger partial charge in [0.25, 0.3) is 0 Å². The minimum atomic E-state index is -0.892. The van der Waals surface area contributed by atoms with Crippen molar-refractivity contribution in [2.45, 2.75) is 44.6 Å². The van der Waals surface area contributed by atoms with Crippen molar-refractivity contribution < 1.29 is 9.90 Å². The van der Waals surface area contributed by atoms with Crippen LogP contribution in [0, 0.1) is 0 Å². The van der Waals surface area contributed by atoms with E-state index in [-0.39, 0.29) is 5.54 Å². The largest absolute Gasteiger partial charge is 0.464 e. The van der Waals surface area contributed by atoms with Crippen LogP contribution in [-0.4, -0.2) is 39.6 Å². The lowest BCUT2D eigenvalue weighted by molar-refractivity contribution is -0.0618. The van der Waals surface area contributed by atoms with Crippen molar-refractivity contribution in [1.29, 1.82) is 0 Å². The highest BCUT2D eigenvalue weighted by atomic mass is 16.4. The molecular weight excluding hydrogens is 218 g/mol. The van der Waals surface area contributed by atoms with Gasteiger partial charge in [-0.1, -0.05) is 19.3 Å².